The zero-order valence-electron chi connectivity index (χ0n) is 10.8. The maximum Gasteiger partial charge on any atom is 0.410 e. The average Bonchev–Trinajstić information content (AvgIpc) is 2.96. The minimum atomic E-state index is -0.597. The summed E-state index contributed by atoms with van der Waals surface area (Å²) >= 11 is 0. The van der Waals surface area contributed by atoms with Crippen LogP contribution in [0.25, 0.3) is 0 Å². The third-order valence-corrected chi connectivity index (χ3v) is 3.24. The maximum absolute atomic E-state index is 11.9. The maximum atomic E-state index is 11.9. The molecule has 1 aliphatic carbocycles. The van der Waals surface area contributed by atoms with E-state index in [0.717, 1.165) is 12.8 Å². The van der Waals surface area contributed by atoms with Crippen LogP contribution in [-0.2, 0) is 4.74 Å². The van der Waals surface area contributed by atoms with Crippen LogP contribution in [0.1, 0.15) is 33.6 Å². The Morgan fingerprint density at radius 1 is 1.47 bits per heavy atom. The zero-order chi connectivity index (χ0) is 12.7. The summed E-state index contributed by atoms with van der Waals surface area (Å²) in [5.74, 6) is 0. The number of nitrogens with zero attached hydrogens (tertiary/aromatic N) is 1. The van der Waals surface area contributed by atoms with Gasteiger partial charge in [0.15, 0.2) is 0 Å². The first-order chi connectivity index (χ1) is 7.80. The molecule has 2 rings (SSSR count). The van der Waals surface area contributed by atoms with Gasteiger partial charge in [-0.15, -0.1) is 0 Å². The highest BCUT2D eigenvalue weighted by molar-refractivity contribution is 5.68. The molecule has 1 aliphatic heterocycles. The number of hydrogen-bond acceptors (Lipinski definition) is 4. The molecule has 1 saturated carbocycles. The van der Waals surface area contributed by atoms with Crippen LogP contribution in [0.4, 0.5) is 4.79 Å². The van der Waals surface area contributed by atoms with E-state index in [1.165, 1.54) is 0 Å². The fourth-order valence-electron chi connectivity index (χ4n) is 2.08. The number of carbonyl (C=O) groups is 1. The fourth-order valence-corrected chi connectivity index (χ4v) is 2.08. The van der Waals surface area contributed by atoms with E-state index in [2.05, 4.69) is 5.32 Å². The van der Waals surface area contributed by atoms with Crippen molar-refractivity contribution in [2.45, 2.75) is 50.9 Å². The van der Waals surface area contributed by atoms with Crippen LogP contribution in [0.2, 0.25) is 0 Å². The number of nitrogens with one attached hydrogen (secondary N) is 1. The molecule has 0 spiro atoms. The van der Waals surface area contributed by atoms with E-state index in [1.54, 1.807) is 4.90 Å². The van der Waals surface area contributed by atoms with Crippen molar-refractivity contribution in [1.82, 2.24) is 10.2 Å². The largest absolute Gasteiger partial charge is 0.444 e. The second-order valence-corrected chi connectivity index (χ2v) is 6.04. The Morgan fingerprint density at radius 3 is 2.65 bits per heavy atom. The highest BCUT2D eigenvalue weighted by Crippen LogP contribution is 2.39. The predicted molar refractivity (Wildman–Crippen MR) is 63.8 cm³/mol. The molecule has 0 radical (unpaired) electrons. The first kappa shape index (κ1) is 12.6. The van der Waals surface area contributed by atoms with Crippen molar-refractivity contribution in [1.29, 1.82) is 0 Å². The van der Waals surface area contributed by atoms with Gasteiger partial charge in [0.25, 0.3) is 0 Å². The van der Waals surface area contributed by atoms with E-state index in [1.807, 2.05) is 20.8 Å². The lowest BCUT2D eigenvalue weighted by atomic mass is 10.1. The van der Waals surface area contributed by atoms with Gasteiger partial charge in [-0.05, 0) is 33.6 Å². The van der Waals surface area contributed by atoms with Crippen molar-refractivity contribution in [2.24, 2.45) is 0 Å². The summed E-state index contributed by atoms with van der Waals surface area (Å²) in [5, 5.41) is 13.3. The average molecular weight is 242 g/mol. The number of aliphatic hydroxyl groups is 1. The third-order valence-electron chi connectivity index (χ3n) is 3.24. The molecule has 2 N–H and O–H groups in total. The van der Waals surface area contributed by atoms with Crippen LogP contribution in [-0.4, -0.2) is 53.0 Å². The molecular weight excluding hydrogens is 220 g/mol. The Balaban J connectivity index is 1.91. The molecule has 1 heterocycles. The molecule has 1 amide bonds. The standard InChI is InChI=1S/C12H22N2O3/c1-11(2,3)17-10(15)14-7-6-13-9(8-14)12(16)4-5-12/h9,13,16H,4-8H2,1-3H3. The molecule has 2 aliphatic rings. The lowest BCUT2D eigenvalue weighted by Gasteiger charge is -2.36. The Hall–Kier alpha value is -0.810. The monoisotopic (exact) mass is 242 g/mol. The van der Waals surface area contributed by atoms with Crippen molar-refractivity contribution in [3.63, 3.8) is 0 Å². The summed E-state index contributed by atoms with van der Waals surface area (Å²) in [5.41, 5.74) is -1.06. The molecule has 1 atom stereocenters. The molecule has 5 heteroatoms. The second kappa shape index (κ2) is 4.14. The van der Waals surface area contributed by atoms with Crippen molar-refractivity contribution in [3.8, 4) is 0 Å². The van der Waals surface area contributed by atoms with Crippen LogP contribution in [0.15, 0.2) is 0 Å². The number of ether oxygens (including phenoxy) is 1. The Morgan fingerprint density at radius 2 is 2.12 bits per heavy atom. The molecule has 0 aromatic carbocycles. The third kappa shape index (κ3) is 3.10. The van der Waals surface area contributed by atoms with Crippen LogP contribution in [0.5, 0.6) is 0 Å². The van der Waals surface area contributed by atoms with Crippen molar-refractivity contribution in [2.75, 3.05) is 19.6 Å². The SMILES string of the molecule is CC(C)(C)OC(=O)N1CCNC(C2(O)CC2)C1. The van der Waals surface area contributed by atoms with Gasteiger partial charge in [-0.3, -0.25) is 0 Å². The van der Waals surface area contributed by atoms with Gasteiger partial charge < -0.3 is 20.1 Å². The van der Waals surface area contributed by atoms with Crippen LogP contribution in [0.3, 0.4) is 0 Å². The predicted octanol–water partition coefficient (Wildman–Crippen LogP) is 0.720. The van der Waals surface area contributed by atoms with E-state index in [0.29, 0.717) is 19.6 Å². The number of carbonyl (C=O) groups excluding carboxylic acids is 1. The molecule has 5 nitrogen and oxygen atoms in total. The van der Waals surface area contributed by atoms with Crippen LogP contribution >= 0.6 is 0 Å². The Kier molecular flexibility index (Phi) is 3.08. The van der Waals surface area contributed by atoms with E-state index in [4.69, 9.17) is 4.74 Å². The van der Waals surface area contributed by atoms with Crippen LogP contribution < -0.4 is 5.32 Å². The van der Waals surface area contributed by atoms with E-state index in [-0.39, 0.29) is 12.1 Å². The summed E-state index contributed by atoms with van der Waals surface area (Å²) in [6.07, 6.45) is 1.37. The van der Waals surface area contributed by atoms with Crippen molar-refractivity contribution >= 4 is 6.09 Å². The molecule has 98 valence electrons. The van der Waals surface area contributed by atoms with Gasteiger partial charge in [-0.1, -0.05) is 0 Å². The highest BCUT2D eigenvalue weighted by Gasteiger charge is 2.49. The zero-order valence-corrected chi connectivity index (χ0v) is 10.8. The summed E-state index contributed by atoms with van der Waals surface area (Å²) in [7, 11) is 0. The van der Waals surface area contributed by atoms with Gasteiger partial charge in [0, 0.05) is 19.6 Å². The molecule has 2 fully saturated rings. The Bertz CT molecular complexity index is 307. The number of piperazine rings is 1. The van der Waals surface area contributed by atoms with E-state index >= 15 is 0 Å². The van der Waals surface area contributed by atoms with Gasteiger partial charge >= 0.3 is 6.09 Å². The summed E-state index contributed by atoms with van der Waals surface area (Å²) in [4.78, 5) is 13.6. The number of rotatable bonds is 1. The minimum Gasteiger partial charge on any atom is -0.444 e. The van der Waals surface area contributed by atoms with Gasteiger partial charge in [0.05, 0.1) is 11.6 Å². The van der Waals surface area contributed by atoms with Gasteiger partial charge in [-0.2, -0.15) is 0 Å². The molecule has 1 unspecified atom stereocenters. The normalized spacial score (nSPS) is 27.8. The number of amides is 1. The second-order valence-electron chi connectivity index (χ2n) is 6.04. The minimum absolute atomic E-state index is 0.0104. The summed E-state index contributed by atoms with van der Waals surface area (Å²) in [6, 6.07) is -0.0104. The molecule has 0 aromatic rings. The summed E-state index contributed by atoms with van der Waals surface area (Å²) in [6.45, 7) is 7.47. The van der Waals surface area contributed by atoms with Gasteiger partial charge in [0.1, 0.15) is 5.60 Å². The smallest absolute Gasteiger partial charge is 0.410 e. The van der Waals surface area contributed by atoms with Crippen LogP contribution in [0, 0.1) is 0 Å². The Labute approximate surface area is 102 Å². The quantitative estimate of drug-likeness (QED) is 0.711. The lowest BCUT2D eigenvalue weighted by molar-refractivity contribution is 0.00782. The number of hydrogen-bond donors (Lipinski definition) is 2. The lowest BCUT2D eigenvalue weighted by Crippen LogP contribution is -2.58. The molecule has 0 bridgehead atoms. The molecule has 0 aromatic heterocycles. The highest BCUT2D eigenvalue weighted by atomic mass is 16.6. The first-order valence-electron chi connectivity index (χ1n) is 6.24. The van der Waals surface area contributed by atoms with E-state index in [9.17, 15) is 9.90 Å². The van der Waals surface area contributed by atoms with Gasteiger partial charge in [0.2, 0.25) is 0 Å². The first-order valence-corrected chi connectivity index (χ1v) is 6.24. The summed E-state index contributed by atoms with van der Waals surface area (Å²) < 4.78 is 5.34. The van der Waals surface area contributed by atoms with Gasteiger partial charge in [-0.25, -0.2) is 4.79 Å². The van der Waals surface area contributed by atoms with Crippen molar-refractivity contribution in [3.05, 3.63) is 0 Å². The van der Waals surface area contributed by atoms with Crippen molar-refractivity contribution < 1.29 is 14.6 Å². The molecular formula is C12H22N2O3. The van der Waals surface area contributed by atoms with E-state index < -0.39 is 11.2 Å². The topological polar surface area (TPSA) is 61.8 Å². The molecule has 17 heavy (non-hydrogen) atoms. The fraction of sp³-hybridized carbons (Fsp3) is 0.917. The molecule has 1 saturated heterocycles.